The Morgan fingerprint density at radius 1 is 0.629 bits per heavy atom. The maximum atomic E-state index is 13.4. The molecule has 0 bridgehead atoms. The molecule has 0 radical (unpaired) electrons. The zero-order valence-electron chi connectivity index (χ0n) is 18.9. The van der Waals surface area contributed by atoms with Gasteiger partial charge < -0.3 is 10.6 Å². The van der Waals surface area contributed by atoms with Gasteiger partial charge in [0.25, 0.3) is 5.91 Å². The second kappa shape index (κ2) is 10.0. The average Bonchev–Trinajstić information content (AvgIpc) is 2.90. The molecule has 0 saturated carbocycles. The smallest absolute Gasteiger partial charge is 0.256 e. The van der Waals surface area contributed by atoms with Gasteiger partial charge in [-0.05, 0) is 47.5 Å². The van der Waals surface area contributed by atoms with Gasteiger partial charge in [0.15, 0.2) is 0 Å². The molecule has 0 atom stereocenters. The molecule has 0 fully saturated rings. The summed E-state index contributed by atoms with van der Waals surface area (Å²) in [6.45, 7) is 0. The number of rotatable bonds is 6. The Balaban J connectivity index is 1.35. The molecule has 0 aliphatic heterocycles. The van der Waals surface area contributed by atoms with E-state index in [1.165, 1.54) is 0 Å². The number of carbonyl (C=O) groups is 2. The number of aromatic nitrogens is 1. The highest BCUT2D eigenvalue weighted by Gasteiger charge is 2.23. The van der Waals surface area contributed by atoms with Gasteiger partial charge in [-0.3, -0.25) is 9.59 Å². The summed E-state index contributed by atoms with van der Waals surface area (Å²) in [7, 11) is 0. The highest BCUT2D eigenvalue weighted by Crippen LogP contribution is 2.26. The predicted octanol–water partition coefficient (Wildman–Crippen LogP) is 6.26. The normalized spacial score (nSPS) is 10.8. The molecule has 0 unspecified atom stereocenters. The van der Waals surface area contributed by atoms with E-state index in [0.717, 1.165) is 22.0 Å². The topological polar surface area (TPSA) is 71.1 Å². The number of nitrogens with zero attached hydrogens (tertiary/aromatic N) is 1. The Morgan fingerprint density at radius 3 is 2.00 bits per heavy atom. The molecule has 5 aromatic rings. The second-order valence-electron chi connectivity index (χ2n) is 8.17. The van der Waals surface area contributed by atoms with Crippen LogP contribution in [-0.2, 0) is 4.79 Å². The van der Waals surface area contributed by atoms with Gasteiger partial charge in [0.1, 0.15) is 5.82 Å². The summed E-state index contributed by atoms with van der Waals surface area (Å²) in [5.41, 5.74) is 3.57. The van der Waals surface area contributed by atoms with Crippen molar-refractivity contribution in [3.05, 3.63) is 138 Å². The van der Waals surface area contributed by atoms with Crippen molar-refractivity contribution in [2.24, 2.45) is 0 Å². The SMILES string of the molecule is O=C(Nc1ccc2ccccc2n1)c1cccc(NC(=O)C(c2ccccc2)c2ccccc2)c1. The van der Waals surface area contributed by atoms with E-state index in [2.05, 4.69) is 15.6 Å². The first-order valence-electron chi connectivity index (χ1n) is 11.4. The molecule has 2 amide bonds. The fourth-order valence-corrected chi connectivity index (χ4v) is 4.06. The van der Waals surface area contributed by atoms with Crippen molar-refractivity contribution in [2.45, 2.75) is 5.92 Å². The van der Waals surface area contributed by atoms with Crippen LogP contribution in [0.25, 0.3) is 10.9 Å². The minimum absolute atomic E-state index is 0.170. The predicted molar refractivity (Wildman–Crippen MR) is 139 cm³/mol. The third-order valence-electron chi connectivity index (χ3n) is 5.76. The Kier molecular flexibility index (Phi) is 6.31. The van der Waals surface area contributed by atoms with Crippen LogP contribution in [-0.4, -0.2) is 16.8 Å². The number of para-hydroxylation sites is 1. The van der Waals surface area contributed by atoms with E-state index in [1.807, 2.05) is 91.0 Å². The van der Waals surface area contributed by atoms with Crippen molar-refractivity contribution in [3.8, 4) is 0 Å². The molecular formula is C30H23N3O2. The van der Waals surface area contributed by atoms with E-state index in [1.54, 1.807) is 30.3 Å². The van der Waals surface area contributed by atoms with Crippen LogP contribution >= 0.6 is 0 Å². The summed E-state index contributed by atoms with van der Waals surface area (Å²) in [6.07, 6.45) is 0. The number of anilines is 2. The first-order chi connectivity index (χ1) is 17.2. The van der Waals surface area contributed by atoms with Crippen LogP contribution in [0.2, 0.25) is 0 Å². The van der Waals surface area contributed by atoms with E-state index < -0.39 is 5.92 Å². The highest BCUT2D eigenvalue weighted by molar-refractivity contribution is 6.05. The maximum Gasteiger partial charge on any atom is 0.256 e. The van der Waals surface area contributed by atoms with Crippen LogP contribution in [0, 0.1) is 0 Å². The van der Waals surface area contributed by atoms with Crippen molar-refractivity contribution in [1.82, 2.24) is 4.98 Å². The largest absolute Gasteiger partial charge is 0.325 e. The maximum absolute atomic E-state index is 13.4. The van der Waals surface area contributed by atoms with Crippen LogP contribution < -0.4 is 10.6 Å². The molecule has 5 rings (SSSR count). The monoisotopic (exact) mass is 457 g/mol. The van der Waals surface area contributed by atoms with E-state index in [-0.39, 0.29) is 11.8 Å². The molecule has 0 saturated heterocycles. The van der Waals surface area contributed by atoms with Crippen LogP contribution in [0.1, 0.15) is 27.4 Å². The highest BCUT2D eigenvalue weighted by atomic mass is 16.2. The van der Waals surface area contributed by atoms with Crippen LogP contribution in [0.15, 0.2) is 121 Å². The second-order valence-corrected chi connectivity index (χ2v) is 8.17. The first kappa shape index (κ1) is 22.0. The van der Waals surface area contributed by atoms with Crippen molar-refractivity contribution in [1.29, 1.82) is 0 Å². The summed E-state index contributed by atoms with van der Waals surface area (Å²) in [5, 5.41) is 6.83. The number of fused-ring (bicyclic) bond motifs is 1. The lowest BCUT2D eigenvalue weighted by Crippen LogP contribution is -2.22. The van der Waals surface area contributed by atoms with E-state index in [4.69, 9.17) is 0 Å². The number of carbonyl (C=O) groups excluding carboxylic acids is 2. The van der Waals surface area contributed by atoms with Crippen molar-refractivity contribution < 1.29 is 9.59 Å². The van der Waals surface area contributed by atoms with Gasteiger partial charge in [0, 0.05) is 16.6 Å². The number of pyridine rings is 1. The van der Waals surface area contributed by atoms with Gasteiger partial charge in [-0.25, -0.2) is 4.98 Å². The summed E-state index contributed by atoms with van der Waals surface area (Å²) in [4.78, 5) is 30.8. The molecule has 0 aliphatic carbocycles. The van der Waals surface area contributed by atoms with Gasteiger partial charge >= 0.3 is 0 Å². The number of hydrogen-bond acceptors (Lipinski definition) is 3. The van der Waals surface area contributed by atoms with E-state index in [0.29, 0.717) is 17.1 Å². The molecule has 0 spiro atoms. The van der Waals surface area contributed by atoms with Crippen LogP contribution in [0.5, 0.6) is 0 Å². The number of nitrogens with one attached hydrogen (secondary N) is 2. The van der Waals surface area contributed by atoms with Crippen molar-refractivity contribution >= 4 is 34.2 Å². The van der Waals surface area contributed by atoms with Crippen LogP contribution in [0.4, 0.5) is 11.5 Å². The molecule has 5 heteroatoms. The van der Waals surface area contributed by atoms with Gasteiger partial charge in [-0.2, -0.15) is 0 Å². The molecule has 4 aromatic carbocycles. The standard InChI is InChI=1S/C30H23N3O2/c34-29(33-27-19-18-21-10-7-8-17-26(21)32-27)24-15-9-16-25(20-24)31-30(35)28(22-11-3-1-4-12-22)23-13-5-2-6-14-23/h1-20,28H,(H,31,35)(H,32,33,34). The first-order valence-corrected chi connectivity index (χ1v) is 11.4. The van der Waals surface area contributed by atoms with Gasteiger partial charge in [0.2, 0.25) is 5.91 Å². The summed E-state index contributed by atoms with van der Waals surface area (Å²) in [6, 6.07) is 37.6. The molecule has 35 heavy (non-hydrogen) atoms. The summed E-state index contributed by atoms with van der Waals surface area (Å²) < 4.78 is 0. The third kappa shape index (κ3) is 5.09. The van der Waals surface area contributed by atoms with E-state index >= 15 is 0 Å². The zero-order chi connectivity index (χ0) is 24.0. The Morgan fingerprint density at radius 2 is 1.29 bits per heavy atom. The lowest BCUT2D eigenvalue weighted by atomic mass is 9.90. The Hall–Kier alpha value is -4.77. The zero-order valence-corrected chi connectivity index (χ0v) is 18.9. The Labute approximate surface area is 203 Å². The number of benzene rings is 4. The summed E-state index contributed by atoms with van der Waals surface area (Å²) in [5.74, 6) is -0.476. The van der Waals surface area contributed by atoms with E-state index in [9.17, 15) is 9.59 Å². The minimum atomic E-state index is -0.475. The molecular weight excluding hydrogens is 434 g/mol. The van der Waals surface area contributed by atoms with Gasteiger partial charge in [-0.1, -0.05) is 84.9 Å². The molecule has 2 N–H and O–H groups in total. The summed E-state index contributed by atoms with van der Waals surface area (Å²) >= 11 is 0. The van der Waals surface area contributed by atoms with Crippen molar-refractivity contribution in [2.75, 3.05) is 10.6 Å². The fraction of sp³-hybridized carbons (Fsp3) is 0.0333. The lowest BCUT2D eigenvalue weighted by Gasteiger charge is -2.18. The Bertz CT molecular complexity index is 1440. The molecule has 1 aromatic heterocycles. The van der Waals surface area contributed by atoms with Crippen LogP contribution in [0.3, 0.4) is 0 Å². The van der Waals surface area contributed by atoms with Gasteiger partial charge in [0.05, 0.1) is 11.4 Å². The van der Waals surface area contributed by atoms with Gasteiger partial charge in [-0.15, -0.1) is 0 Å². The lowest BCUT2D eigenvalue weighted by molar-refractivity contribution is -0.116. The van der Waals surface area contributed by atoms with Crippen molar-refractivity contribution in [3.63, 3.8) is 0 Å². The fourth-order valence-electron chi connectivity index (χ4n) is 4.06. The quantitative estimate of drug-likeness (QED) is 0.316. The molecule has 5 nitrogen and oxygen atoms in total. The third-order valence-corrected chi connectivity index (χ3v) is 5.76. The average molecular weight is 458 g/mol. The molecule has 1 heterocycles. The number of amides is 2. The minimum Gasteiger partial charge on any atom is -0.325 e. The number of hydrogen-bond donors (Lipinski definition) is 2. The molecule has 170 valence electrons. The molecule has 0 aliphatic rings.